The maximum absolute atomic E-state index is 10.4. The monoisotopic (exact) mass is 128 g/mol. The quantitative estimate of drug-likeness (QED) is 0.441. The first-order valence-electron chi connectivity index (χ1n) is 2.24. The van der Waals surface area contributed by atoms with E-state index in [4.69, 9.17) is 0 Å². The molecule has 1 aliphatic rings. The van der Waals surface area contributed by atoms with E-state index in [1.807, 2.05) is 0 Å². The second-order valence-corrected chi connectivity index (χ2v) is 1.65. The highest BCUT2D eigenvalue weighted by Crippen LogP contribution is 1.97. The summed E-state index contributed by atoms with van der Waals surface area (Å²) in [6.07, 6.45) is 1.28. The minimum atomic E-state index is -0.312. The summed E-state index contributed by atoms with van der Waals surface area (Å²) in [7, 11) is 0. The lowest BCUT2D eigenvalue weighted by molar-refractivity contribution is -0.123. The maximum Gasteiger partial charge on any atom is 0.253 e. The van der Waals surface area contributed by atoms with E-state index >= 15 is 0 Å². The highest BCUT2D eigenvalue weighted by molar-refractivity contribution is 6.15. The summed E-state index contributed by atoms with van der Waals surface area (Å²) < 4.78 is 0. The number of rotatable bonds is 0. The van der Waals surface area contributed by atoms with Gasteiger partial charge in [0.25, 0.3) is 11.8 Å². The molecule has 0 aliphatic carbocycles. The number of nitrogens with one attached hydrogen (secondary N) is 1. The zero-order chi connectivity index (χ0) is 6.15. The third kappa shape index (κ3) is 1.36. The Morgan fingerprint density at radius 2 is 2.00 bits per heavy atom. The number of imide groups is 1. The first kappa shape index (κ1) is 7.84. The van der Waals surface area contributed by atoms with Gasteiger partial charge in [0.05, 0.1) is 0 Å². The van der Waals surface area contributed by atoms with E-state index in [0.29, 0.717) is 5.57 Å². The van der Waals surface area contributed by atoms with Crippen LogP contribution in [-0.2, 0) is 9.59 Å². The fraction of sp³-hybridized carbons (Fsp3) is 0.200. The Hall–Kier alpha value is -1.16. The van der Waals surface area contributed by atoms with E-state index in [9.17, 15) is 9.59 Å². The molecule has 0 aromatic carbocycles. The Kier molecular flexibility index (Phi) is 2.10. The van der Waals surface area contributed by atoms with Gasteiger partial charge in [0, 0.05) is 11.6 Å². The van der Waals surface area contributed by atoms with Crippen LogP contribution in [0.15, 0.2) is 11.6 Å². The molecule has 0 bridgehead atoms. The molecule has 9 heavy (non-hydrogen) atoms. The van der Waals surface area contributed by atoms with Crippen molar-refractivity contribution in [2.45, 2.75) is 6.92 Å². The maximum atomic E-state index is 10.4. The second-order valence-electron chi connectivity index (χ2n) is 1.65. The van der Waals surface area contributed by atoms with Crippen molar-refractivity contribution < 1.29 is 9.59 Å². The fourth-order valence-electron chi connectivity index (χ4n) is 0.509. The molecule has 0 saturated heterocycles. The summed E-state index contributed by atoms with van der Waals surface area (Å²) >= 11 is 0. The molecule has 50 valence electrons. The molecule has 0 fully saturated rings. The van der Waals surface area contributed by atoms with Gasteiger partial charge >= 0.3 is 0 Å². The normalized spacial score (nSPS) is 16.3. The summed E-state index contributed by atoms with van der Waals surface area (Å²) in [4.78, 5) is 20.6. The third-order valence-electron chi connectivity index (χ3n) is 0.942. The highest BCUT2D eigenvalue weighted by Gasteiger charge is 2.15. The predicted molar refractivity (Wildman–Crippen MR) is 31.9 cm³/mol. The van der Waals surface area contributed by atoms with Gasteiger partial charge in [-0.1, -0.05) is 0 Å². The van der Waals surface area contributed by atoms with Crippen LogP contribution in [0.2, 0.25) is 0 Å². The van der Waals surface area contributed by atoms with Crippen molar-refractivity contribution in [1.82, 2.24) is 11.5 Å². The molecule has 0 atom stereocenters. The number of hydrogen-bond donors (Lipinski definition) is 2. The number of carbonyl (C=O) groups excluding carboxylic acids is 2. The van der Waals surface area contributed by atoms with Gasteiger partial charge in [-0.15, -0.1) is 0 Å². The smallest absolute Gasteiger partial charge is 0.253 e. The molecule has 0 aromatic heterocycles. The first-order chi connectivity index (χ1) is 3.70. The lowest BCUT2D eigenvalue weighted by Crippen LogP contribution is -2.21. The van der Waals surface area contributed by atoms with Crippen LogP contribution in [0.5, 0.6) is 0 Å². The minimum absolute atomic E-state index is 0. The molecule has 0 spiro atoms. The van der Waals surface area contributed by atoms with Gasteiger partial charge in [-0.3, -0.25) is 14.9 Å². The van der Waals surface area contributed by atoms with Crippen LogP contribution in [0.4, 0.5) is 0 Å². The molecule has 4 N–H and O–H groups in total. The average Bonchev–Trinajstić information content (AvgIpc) is 1.85. The second kappa shape index (κ2) is 2.41. The van der Waals surface area contributed by atoms with Gasteiger partial charge in [-0.05, 0) is 6.92 Å². The lowest BCUT2D eigenvalue weighted by atomic mass is 10.3. The van der Waals surface area contributed by atoms with Crippen LogP contribution >= 0.6 is 0 Å². The van der Waals surface area contributed by atoms with Gasteiger partial charge in [0.2, 0.25) is 0 Å². The van der Waals surface area contributed by atoms with Gasteiger partial charge in [-0.25, -0.2) is 0 Å². The summed E-state index contributed by atoms with van der Waals surface area (Å²) in [6, 6.07) is 0. The molecule has 2 amide bonds. The molecule has 0 radical (unpaired) electrons. The van der Waals surface area contributed by atoms with E-state index in [1.54, 1.807) is 6.92 Å². The van der Waals surface area contributed by atoms with Gasteiger partial charge in [-0.2, -0.15) is 0 Å². The van der Waals surface area contributed by atoms with Crippen molar-refractivity contribution in [2.24, 2.45) is 0 Å². The first-order valence-corrected chi connectivity index (χ1v) is 2.24. The SMILES string of the molecule is CC1=CC(=O)NC1=O.N. The Balaban J connectivity index is 0.000000640. The summed E-state index contributed by atoms with van der Waals surface area (Å²) in [5, 5.41) is 2.10. The molecular formula is C5H8N2O2. The predicted octanol–water partition coefficient (Wildman–Crippen LogP) is -0.249. The molecule has 1 aliphatic heterocycles. The van der Waals surface area contributed by atoms with Crippen LogP contribution in [0.25, 0.3) is 0 Å². The zero-order valence-electron chi connectivity index (χ0n) is 5.10. The summed E-state index contributed by atoms with van der Waals surface area (Å²) in [5.74, 6) is -0.595. The van der Waals surface area contributed by atoms with E-state index < -0.39 is 0 Å². The number of hydrogen-bond acceptors (Lipinski definition) is 3. The molecule has 0 saturated carbocycles. The summed E-state index contributed by atoms with van der Waals surface area (Å²) in [6.45, 7) is 1.60. The standard InChI is InChI=1S/C5H5NO2.H3N/c1-3-2-4(7)6-5(3)8;/h2H,1H3,(H,6,7,8);1H3. The largest absolute Gasteiger partial charge is 0.344 e. The molecular weight excluding hydrogens is 120 g/mol. The van der Waals surface area contributed by atoms with E-state index in [0.717, 1.165) is 0 Å². The Labute approximate surface area is 52.5 Å². The lowest BCUT2D eigenvalue weighted by Gasteiger charge is -1.84. The van der Waals surface area contributed by atoms with Crippen LogP contribution in [0.3, 0.4) is 0 Å². The van der Waals surface area contributed by atoms with E-state index in [2.05, 4.69) is 5.32 Å². The molecule has 1 rings (SSSR count). The highest BCUT2D eigenvalue weighted by atomic mass is 16.2. The zero-order valence-corrected chi connectivity index (χ0v) is 5.10. The number of carbonyl (C=O) groups is 2. The van der Waals surface area contributed by atoms with Crippen molar-refractivity contribution >= 4 is 11.8 Å². The fourth-order valence-corrected chi connectivity index (χ4v) is 0.509. The van der Waals surface area contributed by atoms with Crippen LogP contribution < -0.4 is 11.5 Å². The van der Waals surface area contributed by atoms with Crippen molar-refractivity contribution in [2.75, 3.05) is 0 Å². The van der Waals surface area contributed by atoms with Crippen molar-refractivity contribution in [3.63, 3.8) is 0 Å². The number of amides is 2. The van der Waals surface area contributed by atoms with Crippen molar-refractivity contribution in [3.05, 3.63) is 11.6 Å². The van der Waals surface area contributed by atoms with E-state index in [1.165, 1.54) is 6.08 Å². The molecule has 4 heteroatoms. The van der Waals surface area contributed by atoms with Crippen LogP contribution in [0.1, 0.15) is 6.92 Å². The molecule has 0 unspecified atom stereocenters. The molecule has 0 aromatic rings. The van der Waals surface area contributed by atoms with E-state index in [-0.39, 0.29) is 18.0 Å². The van der Waals surface area contributed by atoms with Crippen molar-refractivity contribution in [3.8, 4) is 0 Å². The topological polar surface area (TPSA) is 81.2 Å². The third-order valence-corrected chi connectivity index (χ3v) is 0.942. The minimum Gasteiger partial charge on any atom is -0.344 e. The van der Waals surface area contributed by atoms with Gasteiger partial charge in [0.1, 0.15) is 0 Å². The summed E-state index contributed by atoms with van der Waals surface area (Å²) in [5.41, 5.74) is 0.481. The van der Waals surface area contributed by atoms with Gasteiger partial charge in [0.15, 0.2) is 0 Å². The van der Waals surface area contributed by atoms with Crippen LogP contribution in [-0.4, -0.2) is 11.8 Å². The molecule has 4 nitrogen and oxygen atoms in total. The van der Waals surface area contributed by atoms with Gasteiger partial charge < -0.3 is 6.15 Å². The van der Waals surface area contributed by atoms with Crippen molar-refractivity contribution in [1.29, 1.82) is 0 Å². The Morgan fingerprint density at radius 1 is 1.44 bits per heavy atom. The molecule has 1 heterocycles. The Bertz CT molecular complexity index is 183. The Morgan fingerprint density at radius 3 is 2.11 bits per heavy atom. The average molecular weight is 128 g/mol. The van der Waals surface area contributed by atoms with Crippen LogP contribution in [0, 0.1) is 0 Å².